The van der Waals surface area contributed by atoms with Crippen LogP contribution < -0.4 is 9.47 Å². The average Bonchev–Trinajstić information content (AvgIpc) is 3.23. The molecule has 92 valence electrons. The van der Waals surface area contributed by atoms with Crippen LogP contribution in [-0.2, 0) is 5.60 Å². The summed E-state index contributed by atoms with van der Waals surface area (Å²) in [5.74, 6) is 2.24. The molecule has 1 aromatic rings. The van der Waals surface area contributed by atoms with Crippen LogP contribution in [-0.4, -0.2) is 18.8 Å². The molecule has 2 fully saturated rings. The Bertz CT molecular complexity index is 419. The van der Waals surface area contributed by atoms with Crippen LogP contribution in [0.5, 0.6) is 11.5 Å². The smallest absolute Gasteiger partial charge is 0.161 e. The van der Waals surface area contributed by atoms with Crippen molar-refractivity contribution in [2.45, 2.75) is 31.3 Å². The van der Waals surface area contributed by atoms with Gasteiger partial charge >= 0.3 is 0 Å². The van der Waals surface area contributed by atoms with Gasteiger partial charge < -0.3 is 14.6 Å². The highest BCUT2D eigenvalue weighted by atomic mass is 16.5. The molecule has 2 aliphatic rings. The van der Waals surface area contributed by atoms with E-state index < -0.39 is 5.60 Å². The van der Waals surface area contributed by atoms with Crippen LogP contribution in [0.1, 0.15) is 31.2 Å². The van der Waals surface area contributed by atoms with Gasteiger partial charge in [0.1, 0.15) is 0 Å². The van der Waals surface area contributed by atoms with Gasteiger partial charge in [-0.3, -0.25) is 0 Å². The topological polar surface area (TPSA) is 38.7 Å². The molecule has 0 aromatic heterocycles. The Balaban J connectivity index is 1.77. The van der Waals surface area contributed by atoms with Crippen molar-refractivity contribution in [3.63, 3.8) is 0 Å². The van der Waals surface area contributed by atoms with E-state index in [2.05, 4.69) is 0 Å². The first-order chi connectivity index (χ1) is 8.21. The second-order valence-corrected chi connectivity index (χ2v) is 5.15. The molecular weight excluding hydrogens is 216 g/mol. The summed E-state index contributed by atoms with van der Waals surface area (Å²) in [5.41, 5.74) is 0.329. The van der Waals surface area contributed by atoms with Gasteiger partial charge in [-0.05, 0) is 49.3 Å². The van der Waals surface area contributed by atoms with Gasteiger partial charge in [0.15, 0.2) is 11.5 Å². The Kier molecular flexibility index (Phi) is 2.51. The van der Waals surface area contributed by atoms with Gasteiger partial charge in [-0.1, -0.05) is 6.07 Å². The second kappa shape index (κ2) is 3.91. The Morgan fingerprint density at radius 3 is 2.65 bits per heavy atom. The fourth-order valence-electron chi connectivity index (χ4n) is 1.98. The molecular formula is C14H18O3. The van der Waals surface area contributed by atoms with E-state index in [0.29, 0.717) is 0 Å². The minimum Gasteiger partial charge on any atom is -0.493 e. The lowest BCUT2D eigenvalue weighted by atomic mass is 10.1. The Labute approximate surface area is 101 Å². The van der Waals surface area contributed by atoms with Crippen molar-refractivity contribution in [1.29, 1.82) is 0 Å². The first kappa shape index (κ1) is 10.9. The first-order valence-corrected chi connectivity index (χ1v) is 6.25. The van der Waals surface area contributed by atoms with E-state index in [4.69, 9.17) is 9.47 Å². The molecule has 0 amide bonds. The van der Waals surface area contributed by atoms with E-state index in [1.54, 1.807) is 7.11 Å². The molecule has 2 saturated carbocycles. The Morgan fingerprint density at radius 2 is 2.06 bits per heavy atom. The summed E-state index contributed by atoms with van der Waals surface area (Å²) in [5, 5.41) is 10.0. The van der Waals surface area contributed by atoms with Crippen LogP contribution in [0.15, 0.2) is 18.2 Å². The fraction of sp³-hybridized carbons (Fsp3) is 0.571. The van der Waals surface area contributed by atoms with E-state index in [-0.39, 0.29) is 0 Å². The summed E-state index contributed by atoms with van der Waals surface area (Å²) in [6.45, 7) is 0.778. The summed E-state index contributed by atoms with van der Waals surface area (Å²) >= 11 is 0. The number of aliphatic hydroxyl groups is 1. The summed E-state index contributed by atoms with van der Waals surface area (Å²) < 4.78 is 11.1. The van der Waals surface area contributed by atoms with Gasteiger partial charge in [0.25, 0.3) is 0 Å². The SMILES string of the molecule is COc1cc(C2(O)CC2)ccc1OCC1CC1. The van der Waals surface area contributed by atoms with Crippen LogP contribution in [0.2, 0.25) is 0 Å². The van der Waals surface area contributed by atoms with Crippen molar-refractivity contribution < 1.29 is 14.6 Å². The standard InChI is InChI=1S/C14H18O3/c1-16-13-8-11(14(15)6-7-14)4-5-12(13)17-9-10-2-3-10/h4-5,8,10,15H,2-3,6-7,9H2,1H3. The predicted molar refractivity (Wildman–Crippen MR) is 64.3 cm³/mol. The molecule has 0 unspecified atom stereocenters. The number of benzene rings is 1. The number of methoxy groups -OCH3 is 1. The van der Waals surface area contributed by atoms with E-state index >= 15 is 0 Å². The molecule has 17 heavy (non-hydrogen) atoms. The maximum Gasteiger partial charge on any atom is 0.161 e. The van der Waals surface area contributed by atoms with Gasteiger partial charge in [0, 0.05) is 0 Å². The zero-order valence-corrected chi connectivity index (χ0v) is 10.1. The highest BCUT2D eigenvalue weighted by Crippen LogP contribution is 2.47. The Morgan fingerprint density at radius 1 is 1.29 bits per heavy atom. The number of hydrogen-bond donors (Lipinski definition) is 1. The van der Waals surface area contributed by atoms with Gasteiger partial charge in [-0.2, -0.15) is 0 Å². The molecule has 2 aliphatic carbocycles. The number of ether oxygens (including phenoxy) is 2. The van der Waals surface area contributed by atoms with Gasteiger partial charge in [-0.15, -0.1) is 0 Å². The molecule has 1 aromatic carbocycles. The van der Waals surface area contributed by atoms with E-state index in [1.165, 1.54) is 12.8 Å². The molecule has 0 heterocycles. The molecule has 0 atom stereocenters. The maximum absolute atomic E-state index is 10.0. The fourth-order valence-corrected chi connectivity index (χ4v) is 1.98. The zero-order valence-electron chi connectivity index (χ0n) is 10.1. The van der Waals surface area contributed by atoms with Gasteiger partial charge in [0.05, 0.1) is 19.3 Å². The number of hydrogen-bond acceptors (Lipinski definition) is 3. The largest absolute Gasteiger partial charge is 0.493 e. The molecule has 3 rings (SSSR count). The minimum atomic E-state index is -0.609. The lowest BCUT2D eigenvalue weighted by Crippen LogP contribution is -2.06. The third kappa shape index (κ3) is 2.25. The summed E-state index contributed by atoms with van der Waals surface area (Å²) in [6, 6.07) is 5.75. The molecule has 1 N–H and O–H groups in total. The number of rotatable bonds is 5. The molecule has 0 bridgehead atoms. The summed E-state index contributed by atoms with van der Waals surface area (Å²) in [7, 11) is 1.64. The maximum atomic E-state index is 10.0. The van der Waals surface area contributed by atoms with Crippen LogP contribution in [0.25, 0.3) is 0 Å². The molecule has 3 heteroatoms. The highest BCUT2D eigenvalue weighted by molar-refractivity contribution is 5.45. The third-order valence-electron chi connectivity index (χ3n) is 3.60. The third-order valence-corrected chi connectivity index (χ3v) is 3.60. The molecule has 0 aliphatic heterocycles. The van der Waals surface area contributed by atoms with Crippen LogP contribution in [0, 0.1) is 5.92 Å². The van der Waals surface area contributed by atoms with E-state index in [9.17, 15) is 5.11 Å². The zero-order chi connectivity index (χ0) is 11.9. The van der Waals surface area contributed by atoms with Gasteiger partial charge in [-0.25, -0.2) is 0 Å². The predicted octanol–water partition coefficient (Wildman–Crippen LogP) is 2.47. The van der Waals surface area contributed by atoms with Crippen molar-refractivity contribution in [1.82, 2.24) is 0 Å². The molecule has 0 radical (unpaired) electrons. The first-order valence-electron chi connectivity index (χ1n) is 6.25. The van der Waals surface area contributed by atoms with Crippen molar-refractivity contribution >= 4 is 0 Å². The Hall–Kier alpha value is -1.22. The molecule has 0 spiro atoms. The summed E-state index contributed by atoms with van der Waals surface area (Å²) in [6.07, 6.45) is 4.25. The second-order valence-electron chi connectivity index (χ2n) is 5.15. The van der Waals surface area contributed by atoms with Crippen molar-refractivity contribution in [2.24, 2.45) is 5.92 Å². The lowest BCUT2D eigenvalue weighted by Gasteiger charge is -2.14. The van der Waals surface area contributed by atoms with Crippen molar-refractivity contribution in [3.8, 4) is 11.5 Å². The van der Waals surface area contributed by atoms with E-state index in [1.807, 2.05) is 18.2 Å². The normalized spacial score (nSPS) is 21.1. The summed E-state index contributed by atoms with van der Waals surface area (Å²) in [4.78, 5) is 0. The van der Waals surface area contributed by atoms with Crippen molar-refractivity contribution in [2.75, 3.05) is 13.7 Å². The molecule has 3 nitrogen and oxygen atoms in total. The quantitative estimate of drug-likeness (QED) is 0.850. The van der Waals surface area contributed by atoms with E-state index in [0.717, 1.165) is 42.4 Å². The van der Waals surface area contributed by atoms with Crippen molar-refractivity contribution in [3.05, 3.63) is 23.8 Å². The minimum absolute atomic E-state index is 0.609. The molecule has 0 saturated heterocycles. The van der Waals surface area contributed by atoms with Crippen LogP contribution >= 0.6 is 0 Å². The lowest BCUT2D eigenvalue weighted by molar-refractivity contribution is 0.151. The highest BCUT2D eigenvalue weighted by Gasteiger charge is 2.42. The van der Waals surface area contributed by atoms with Gasteiger partial charge in [0.2, 0.25) is 0 Å². The average molecular weight is 234 g/mol. The monoisotopic (exact) mass is 234 g/mol. The van der Waals surface area contributed by atoms with Crippen LogP contribution in [0.3, 0.4) is 0 Å². The van der Waals surface area contributed by atoms with Crippen LogP contribution in [0.4, 0.5) is 0 Å².